The van der Waals surface area contributed by atoms with E-state index >= 15 is 0 Å². The van der Waals surface area contributed by atoms with Crippen LogP contribution in [-0.2, 0) is 24.2 Å². The van der Waals surface area contributed by atoms with Crippen molar-refractivity contribution in [2.75, 3.05) is 30.3 Å². The molecule has 0 atom stereocenters. The van der Waals surface area contributed by atoms with E-state index in [1.807, 2.05) is 0 Å². The van der Waals surface area contributed by atoms with Crippen molar-refractivity contribution in [1.82, 2.24) is 15.5 Å². The highest BCUT2D eigenvalue weighted by Crippen LogP contribution is 2.18. The minimum absolute atomic E-state index is 0.00137. The molecule has 4 amide bonds. The Labute approximate surface area is 143 Å². The van der Waals surface area contributed by atoms with Crippen molar-refractivity contribution in [3.63, 3.8) is 0 Å². The predicted octanol–water partition coefficient (Wildman–Crippen LogP) is -1.12. The van der Waals surface area contributed by atoms with Crippen LogP contribution >= 0.6 is 11.8 Å². The molecule has 9 nitrogen and oxygen atoms in total. The first-order valence-corrected chi connectivity index (χ1v) is 10.3. The molecule has 2 fully saturated rings. The molecule has 134 valence electrons. The number of nitrogens with zero attached hydrogens (tertiary/aromatic N) is 1. The third-order valence-electron chi connectivity index (χ3n) is 3.67. The van der Waals surface area contributed by atoms with Gasteiger partial charge in [0.1, 0.15) is 11.5 Å². The van der Waals surface area contributed by atoms with Crippen molar-refractivity contribution in [3.8, 4) is 0 Å². The molecular weight excluding hydrogens is 358 g/mol. The second kappa shape index (κ2) is 7.97. The monoisotopic (exact) mass is 377 g/mol. The highest BCUT2D eigenvalue weighted by atomic mass is 32.2. The van der Waals surface area contributed by atoms with Crippen LogP contribution in [0.5, 0.6) is 0 Å². The maximum atomic E-state index is 11.8. The molecule has 1 heterocycles. The molecule has 1 aliphatic carbocycles. The van der Waals surface area contributed by atoms with Crippen LogP contribution in [0, 0.1) is 0 Å². The van der Waals surface area contributed by atoms with E-state index in [9.17, 15) is 27.6 Å². The van der Waals surface area contributed by atoms with Gasteiger partial charge in [-0.25, -0.2) is 8.42 Å². The molecule has 1 saturated carbocycles. The molecule has 1 aliphatic heterocycles. The normalized spacial score (nSPS) is 18.4. The first kappa shape index (κ1) is 18.7. The fourth-order valence-corrected chi connectivity index (χ4v) is 4.07. The second-order valence-electron chi connectivity index (χ2n) is 5.68. The molecule has 0 aromatic rings. The van der Waals surface area contributed by atoms with Gasteiger partial charge in [0.15, 0.2) is 9.84 Å². The van der Waals surface area contributed by atoms with Crippen molar-refractivity contribution in [1.29, 1.82) is 0 Å². The molecule has 2 N–H and O–H groups in total. The lowest BCUT2D eigenvalue weighted by molar-refractivity contribution is -0.125. The number of hydrogen-bond acceptors (Lipinski definition) is 7. The number of carbonyl (C=O) groups excluding carboxylic acids is 4. The van der Waals surface area contributed by atoms with Gasteiger partial charge in [0.25, 0.3) is 5.24 Å². The number of rotatable bonds is 8. The molecule has 11 heteroatoms. The first-order chi connectivity index (χ1) is 11.3. The fraction of sp³-hybridized carbons (Fsp3) is 0.692. The standard InChI is InChI=1S/C13H19N3O6S2/c17-10(14-4-5-16-12(19)6-23-13(16)20)7-24(21,22)8-11(18)15-9-2-1-3-9/h9H,1-8H2,(H,14,17)(H,15,18). The molecule has 0 aromatic carbocycles. The van der Waals surface area contributed by atoms with E-state index in [1.165, 1.54) is 0 Å². The Hall–Kier alpha value is -1.62. The highest BCUT2D eigenvalue weighted by Gasteiger charge is 2.29. The van der Waals surface area contributed by atoms with Crippen molar-refractivity contribution < 1.29 is 27.6 Å². The van der Waals surface area contributed by atoms with Gasteiger partial charge in [0.2, 0.25) is 17.7 Å². The minimum atomic E-state index is -3.86. The van der Waals surface area contributed by atoms with Crippen LogP contribution in [0.15, 0.2) is 0 Å². The minimum Gasteiger partial charge on any atom is -0.353 e. The molecule has 0 spiro atoms. The molecule has 0 unspecified atom stereocenters. The van der Waals surface area contributed by atoms with E-state index in [1.54, 1.807) is 0 Å². The second-order valence-corrected chi connectivity index (χ2v) is 8.67. The summed E-state index contributed by atoms with van der Waals surface area (Å²) in [5, 5.41) is 4.56. The van der Waals surface area contributed by atoms with Crippen LogP contribution in [0.2, 0.25) is 0 Å². The number of sulfone groups is 1. The molecule has 0 radical (unpaired) electrons. The molecule has 2 rings (SSSR count). The highest BCUT2D eigenvalue weighted by molar-refractivity contribution is 8.14. The molecular formula is C13H19N3O6S2. The van der Waals surface area contributed by atoms with Crippen molar-refractivity contribution in [2.24, 2.45) is 0 Å². The lowest BCUT2D eigenvalue weighted by Gasteiger charge is -2.26. The SMILES string of the molecule is O=C(CS(=O)(=O)CC(=O)NC1CCC1)NCCN1C(=O)CSC1=O. The Balaban J connectivity index is 1.69. The third kappa shape index (κ3) is 5.48. The van der Waals surface area contributed by atoms with E-state index in [4.69, 9.17) is 0 Å². The van der Waals surface area contributed by atoms with Gasteiger partial charge in [-0.15, -0.1) is 0 Å². The molecule has 2 aliphatic rings. The number of thioether (sulfide) groups is 1. The Morgan fingerprint density at radius 2 is 1.83 bits per heavy atom. The van der Waals surface area contributed by atoms with Crippen LogP contribution in [-0.4, -0.2) is 72.7 Å². The Kier molecular flexibility index (Phi) is 6.21. The molecule has 24 heavy (non-hydrogen) atoms. The average Bonchev–Trinajstić information content (AvgIpc) is 2.73. The van der Waals surface area contributed by atoms with Gasteiger partial charge in [-0.05, 0) is 19.3 Å². The predicted molar refractivity (Wildman–Crippen MR) is 87.0 cm³/mol. The summed E-state index contributed by atoms with van der Waals surface area (Å²) in [7, 11) is -3.86. The summed E-state index contributed by atoms with van der Waals surface area (Å²) in [6.07, 6.45) is 2.71. The maximum absolute atomic E-state index is 11.8. The topological polar surface area (TPSA) is 130 Å². The van der Waals surface area contributed by atoms with Crippen molar-refractivity contribution >= 4 is 44.6 Å². The van der Waals surface area contributed by atoms with Crippen LogP contribution in [0.25, 0.3) is 0 Å². The number of hydrogen-bond donors (Lipinski definition) is 2. The van der Waals surface area contributed by atoms with Gasteiger partial charge in [-0.3, -0.25) is 24.1 Å². The maximum Gasteiger partial charge on any atom is 0.288 e. The summed E-state index contributed by atoms with van der Waals surface area (Å²) in [5.74, 6) is -3.15. The molecule has 0 aromatic heterocycles. The van der Waals surface area contributed by atoms with E-state index in [0.29, 0.717) is 0 Å². The number of carbonyl (C=O) groups is 4. The largest absolute Gasteiger partial charge is 0.353 e. The van der Waals surface area contributed by atoms with Gasteiger partial charge in [-0.1, -0.05) is 11.8 Å². The van der Waals surface area contributed by atoms with Crippen LogP contribution in [0.4, 0.5) is 4.79 Å². The number of imide groups is 1. The van der Waals surface area contributed by atoms with Gasteiger partial charge in [0, 0.05) is 19.1 Å². The molecule has 1 saturated heterocycles. The van der Waals surface area contributed by atoms with Crippen molar-refractivity contribution in [2.45, 2.75) is 25.3 Å². The summed E-state index contributed by atoms with van der Waals surface area (Å²) < 4.78 is 23.6. The lowest BCUT2D eigenvalue weighted by atomic mass is 9.93. The van der Waals surface area contributed by atoms with E-state index in [0.717, 1.165) is 35.9 Å². The summed E-state index contributed by atoms with van der Waals surface area (Å²) in [6, 6.07) is 0.0370. The van der Waals surface area contributed by atoms with E-state index in [2.05, 4.69) is 10.6 Å². The van der Waals surface area contributed by atoms with Crippen LogP contribution in [0.1, 0.15) is 19.3 Å². The van der Waals surface area contributed by atoms with Crippen molar-refractivity contribution in [3.05, 3.63) is 0 Å². The van der Waals surface area contributed by atoms with Gasteiger partial charge in [-0.2, -0.15) is 0 Å². The lowest BCUT2D eigenvalue weighted by Crippen LogP contribution is -2.44. The molecule has 0 bridgehead atoms. The van der Waals surface area contributed by atoms with Crippen LogP contribution in [0.3, 0.4) is 0 Å². The summed E-state index contributed by atoms with van der Waals surface area (Å²) in [5.41, 5.74) is 0. The quantitative estimate of drug-likeness (QED) is 0.548. The fourth-order valence-electron chi connectivity index (χ4n) is 2.23. The number of nitrogens with one attached hydrogen (secondary N) is 2. The van der Waals surface area contributed by atoms with E-state index in [-0.39, 0.29) is 36.0 Å². The summed E-state index contributed by atoms with van der Waals surface area (Å²) >= 11 is 0.885. The Morgan fingerprint density at radius 3 is 2.38 bits per heavy atom. The Bertz CT molecular complexity index is 628. The van der Waals surface area contributed by atoms with E-state index < -0.39 is 33.2 Å². The van der Waals surface area contributed by atoms with Gasteiger partial charge >= 0.3 is 0 Å². The summed E-state index contributed by atoms with van der Waals surface area (Å²) in [4.78, 5) is 47.0. The van der Waals surface area contributed by atoms with Gasteiger partial charge < -0.3 is 10.6 Å². The Morgan fingerprint density at radius 1 is 1.17 bits per heavy atom. The first-order valence-electron chi connectivity index (χ1n) is 7.50. The zero-order valence-corrected chi connectivity index (χ0v) is 14.6. The average molecular weight is 377 g/mol. The summed E-state index contributed by atoms with van der Waals surface area (Å²) in [6.45, 7) is -0.0285. The van der Waals surface area contributed by atoms with Crippen LogP contribution < -0.4 is 10.6 Å². The zero-order chi connectivity index (χ0) is 17.7. The third-order valence-corrected chi connectivity index (χ3v) is 5.93. The zero-order valence-electron chi connectivity index (χ0n) is 12.9. The number of amides is 4. The van der Waals surface area contributed by atoms with Gasteiger partial charge in [0.05, 0.1) is 5.75 Å². The smallest absolute Gasteiger partial charge is 0.288 e.